The van der Waals surface area contributed by atoms with E-state index in [2.05, 4.69) is 4.18 Å². The molecule has 1 N–H and O–H groups in total. The lowest BCUT2D eigenvalue weighted by molar-refractivity contribution is -0.247. The minimum absolute atomic E-state index is 0.0380. The Balaban J connectivity index is 2.36. The molecule has 1 rings (SSSR count). The van der Waals surface area contributed by atoms with Crippen molar-refractivity contribution in [2.24, 2.45) is 5.92 Å². The number of hydrogen-bond acceptors (Lipinski definition) is 9. The molecular weight excluding hydrogens is 662 g/mol. The molecule has 0 aliphatic heterocycles. The van der Waals surface area contributed by atoms with Gasteiger partial charge in [0.15, 0.2) is 0 Å². The molecule has 0 fully saturated rings. The van der Waals surface area contributed by atoms with Crippen LogP contribution in [0.15, 0.2) is 24.3 Å². The van der Waals surface area contributed by atoms with E-state index in [4.69, 9.17) is 14.0 Å². The highest BCUT2D eigenvalue weighted by atomic mass is 32.2. The zero-order valence-electron chi connectivity index (χ0n) is 24.8. The van der Waals surface area contributed by atoms with Gasteiger partial charge in [-0.1, -0.05) is 65.2 Å². The second kappa shape index (κ2) is 17.4. The minimum Gasteiger partial charge on any atom is -0.465 e. The second-order valence-corrected chi connectivity index (χ2v) is 13.3. The van der Waals surface area contributed by atoms with Gasteiger partial charge in [0.1, 0.15) is 5.75 Å². The van der Waals surface area contributed by atoms with Crippen LogP contribution in [-0.2, 0) is 34.5 Å². The number of ether oxygens (including phenoxy) is 2. The SMILES string of the molecule is CCC(C)C(=O)OCCCCCCCCCCCCOC(=O)c1ccc(OS(=O)(=O)C(F)(F)C(F)(F)C(F)(F)S(=O)(=O)O)cc1. The zero-order valence-corrected chi connectivity index (χ0v) is 26.4. The highest BCUT2D eigenvalue weighted by molar-refractivity contribution is 7.88. The predicted octanol–water partition coefficient (Wildman–Crippen LogP) is 6.75. The van der Waals surface area contributed by atoms with Crippen molar-refractivity contribution < 1.29 is 71.0 Å². The number of carbonyl (C=O) groups excluding carboxylic acids is 2. The Morgan fingerprint density at radius 2 is 1.16 bits per heavy atom. The van der Waals surface area contributed by atoms with Crippen LogP contribution in [0.3, 0.4) is 0 Å². The number of carbonyl (C=O) groups is 2. The Labute approximate surface area is 258 Å². The average molecular weight is 701 g/mol. The third-order valence-electron chi connectivity index (χ3n) is 6.70. The molecule has 0 radical (unpaired) electrons. The van der Waals surface area contributed by atoms with E-state index in [1.54, 1.807) is 0 Å². The number of alkyl halides is 6. The van der Waals surface area contributed by atoms with Gasteiger partial charge in [0.2, 0.25) is 0 Å². The third-order valence-corrected chi connectivity index (χ3v) is 8.90. The van der Waals surface area contributed by atoms with E-state index >= 15 is 0 Å². The molecule has 260 valence electrons. The van der Waals surface area contributed by atoms with Crippen LogP contribution < -0.4 is 4.18 Å². The van der Waals surface area contributed by atoms with Crippen molar-refractivity contribution in [3.8, 4) is 5.75 Å². The highest BCUT2D eigenvalue weighted by Crippen LogP contribution is 2.50. The van der Waals surface area contributed by atoms with Crippen molar-refractivity contribution in [3.63, 3.8) is 0 Å². The fraction of sp³-hybridized carbons (Fsp3) is 0.704. The summed E-state index contributed by atoms with van der Waals surface area (Å²) in [5.41, 5.74) is -0.205. The first-order valence-electron chi connectivity index (χ1n) is 14.2. The Morgan fingerprint density at radius 3 is 1.58 bits per heavy atom. The van der Waals surface area contributed by atoms with Crippen LogP contribution in [0.1, 0.15) is 94.8 Å². The van der Waals surface area contributed by atoms with Gasteiger partial charge in [-0.3, -0.25) is 9.35 Å². The van der Waals surface area contributed by atoms with Gasteiger partial charge in [-0.2, -0.15) is 43.2 Å². The summed E-state index contributed by atoms with van der Waals surface area (Å²) in [6.07, 6.45) is 10.0. The number of rotatable bonds is 22. The summed E-state index contributed by atoms with van der Waals surface area (Å²) in [6, 6.07) is 2.81. The molecule has 0 aliphatic rings. The van der Waals surface area contributed by atoms with E-state index in [1.165, 1.54) is 0 Å². The van der Waals surface area contributed by atoms with Crippen LogP contribution in [0.25, 0.3) is 0 Å². The van der Waals surface area contributed by atoms with Crippen molar-refractivity contribution >= 4 is 32.2 Å². The molecule has 0 aliphatic carbocycles. The molecule has 0 heterocycles. The molecule has 1 aromatic rings. The number of unbranched alkanes of at least 4 members (excludes halogenated alkanes) is 9. The molecule has 0 saturated heterocycles. The van der Waals surface area contributed by atoms with Gasteiger partial charge < -0.3 is 13.7 Å². The topological polar surface area (TPSA) is 150 Å². The minimum atomic E-state index is -7.16. The summed E-state index contributed by atoms with van der Waals surface area (Å²) in [5, 5.41) is -13.7. The maximum Gasteiger partial charge on any atom is 0.450 e. The molecule has 18 heteroatoms. The smallest absolute Gasteiger partial charge is 0.450 e. The molecule has 0 saturated carbocycles. The molecule has 1 aromatic carbocycles. The molecule has 0 bridgehead atoms. The van der Waals surface area contributed by atoms with E-state index in [1.807, 2.05) is 13.8 Å². The standard InChI is InChI=1S/C27H38F6O10S2/c1-3-20(2)23(34)41-18-12-10-8-6-4-5-7-9-11-13-19-42-24(35)21-14-16-22(17-15-21)43-45(39,40)27(32,33)25(28,29)26(30,31)44(36,37)38/h14-17,20H,3-13,18-19H2,1-2H3,(H,36,37,38). The van der Waals surface area contributed by atoms with E-state index in [0.717, 1.165) is 76.3 Å². The Bertz CT molecular complexity index is 1300. The fourth-order valence-corrected chi connectivity index (χ4v) is 5.09. The first kappa shape index (κ1) is 40.4. The lowest BCUT2D eigenvalue weighted by Gasteiger charge is -2.29. The summed E-state index contributed by atoms with van der Waals surface area (Å²) in [4.78, 5) is 23.7. The maximum absolute atomic E-state index is 13.9. The monoisotopic (exact) mass is 700 g/mol. The summed E-state index contributed by atoms with van der Waals surface area (Å²) in [6.45, 7) is 4.25. The largest absolute Gasteiger partial charge is 0.465 e. The summed E-state index contributed by atoms with van der Waals surface area (Å²) >= 11 is 0. The van der Waals surface area contributed by atoms with Crippen molar-refractivity contribution in [2.45, 2.75) is 101 Å². The number of benzene rings is 1. The normalized spacial score (nSPS) is 13.7. The van der Waals surface area contributed by atoms with Crippen LogP contribution in [-0.4, -0.2) is 63.0 Å². The first-order valence-corrected chi connectivity index (χ1v) is 17.1. The van der Waals surface area contributed by atoms with Crippen LogP contribution in [0, 0.1) is 5.92 Å². The van der Waals surface area contributed by atoms with Crippen LogP contribution >= 0.6 is 0 Å². The Hall–Kier alpha value is -2.60. The van der Waals surface area contributed by atoms with E-state index < -0.39 is 48.4 Å². The van der Waals surface area contributed by atoms with Crippen LogP contribution in [0.4, 0.5) is 26.3 Å². The van der Waals surface area contributed by atoms with Gasteiger partial charge in [-0.05, 0) is 43.5 Å². The zero-order chi connectivity index (χ0) is 34.5. The van der Waals surface area contributed by atoms with Gasteiger partial charge >= 0.3 is 48.6 Å². The molecule has 1 unspecified atom stereocenters. The van der Waals surface area contributed by atoms with E-state index in [9.17, 15) is 52.8 Å². The van der Waals surface area contributed by atoms with Gasteiger partial charge in [0.05, 0.1) is 24.7 Å². The Kier molecular flexibility index (Phi) is 15.6. The van der Waals surface area contributed by atoms with E-state index in [-0.39, 0.29) is 24.1 Å². The van der Waals surface area contributed by atoms with E-state index in [0.29, 0.717) is 25.2 Å². The summed E-state index contributed by atoms with van der Waals surface area (Å²) in [7, 11) is -14.1. The summed E-state index contributed by atoms with van der Waals surface area (Å²) in [5.74, 6) is -9.35. The number of hydrogen-bond donors (Lipinski definition) is 1. The lowest BCUT2D eigenvalue weighted by atomic mass is 10.1. The summed E-state index contributed by atoms with van der Waals surface area (Å²) < 4.78 is 148. The number of esters is 2. The van der Waals surface area contributed by atoms with Crippen LogP contribution in [0.5, 0.6) is 5.75 Å². The molecule has 45 heavy (non-hydrogen) atoms. The van der Waals surface area contributed by atoms with Crippen molar-refractivity contribution in [2.75, 3.05) is 13.2 Å². The maximum atomic E-state index is 13.9. The first-order chi connectivity index (χ1) is 20.7. The lowest BCUT2D eigenvalue weighted by Crippen LogP contribution is -2.61. The average Bonchev–Trinajstić information content (AvgIpc) is 2.95. The molecule has 1 atom stereocenters. The molecular formula is C27H38F6O10S2. The molecule has 0 spiro atoms. The molecule has 0 amide bonds. The molecule has 10 nitrogen and oxygen atoms in total. The quantitative estimate of drug-likeness (QED) is 0.0452. The van der Waals surface area contributed by atoms with Gasteiger partial charge in [0.25, 0.3) is 0 Å². The molecule has 0 aromatic heterocycles. The van der Waals surface area contributed by atoms with Gasteiger partial charge in [0, 0.05) is 0 Å². The third kappa shape index (κ3) is 11.3. The van der Waals surface area contributed by atoms with Crippen molar-refractivity contribution in [3.05, 3.63) is 29.8 Å². The fourth-order valence-electron chi connectivity index (χ4n) is 3.66. The van der Waals surface area contributed by atoms with Gasteiger partial charge in [-0.25, -0.2) is 4.79 Å². The predicted molar refractivity (Wildman–Crippen MR) is 149 cm³/mol. The Morgan fingerprint density at radius 1 is 0.733 bits per heavy atom. The highest BCUT2D eigenvalue weighted by Gasteiger charge is 2.83. The van der Waals surface area contributed by atoms with Gasteiger partial charge in [-0.15, -0.1) is 0 Å². The van der Waals surface area contributed by atoms with Crippen LogP contribution in [0.2, 0.25) is 0 Å². The van der Waals surface area contributed by atoms with Crippen molar-refractivity contribution in [1.29, 1.82) is 0 Å². The number of halogens is 6. The second-order valence-electron chi connectivity index (χ2n) is 10.3. The van der Waals surface area contributed by atoms with Crippen molar-refractivity contribution in [1.82, 2.24) is 0 Å².